The van der Waals surface area contributed by atoms with E-state index in [1.807, 2.05) is 5.92 Å². The predicted molar refractivity (Wildman–Crippen MR) is 89.7 cm³/mol. The summed E-state index contributed by atoms with van der Waals surface area (Å²) in [5.74, 6) is 0.259. The zero-order valence-electron chi connectivity index (χ0n) is 13.6. The van der Waals surface area contributed by atoms with Crippen molar-refractivity contribution < 1.29 is 27.5 Å². The smallest absolute Gasteiger partial charge is 0.422 e. The fraction of sp³-hybridized carbons (Fsp3) is 0.412. The van der Waals surface area contributed by atoms with E-state index in [1.165, 1.54) is 18.2 Å². The SMILES string of the molecule is C#CC(=O)N(c1ccc(OCC(F)(F)F)c(Cl)c1)C1(C(N)=O)CCCC1. The number of ether oxygens (including phenoxy) is 1. The maximum Gasteiger partial charge on any atom is 0.422 e. The van der Waals surface area contributed by atoms with Gasteiger partial charge in [0.15, 0.2) is 6.61 Å². The Morgan fingerprint density at radius 1 is 1.35 bits per heavy atom. The molecule has 0 heterocycles. The van der Waals surface area contributed by atoms with Crippen molar-refractivity contribution in [3.63, 3.8) is 0 Å². The number of benzene rings is 1. The minimum absolute atomic E-state index is 0.154. The van der Waals surface area contributed by atoms with Gasteiger partial charge in [-0.2, -0.15) is 13.2 Å². The molecule has 140 valence electrons. The first kappa shape index (κ1) is 19.9. The molecule has 1 aliphatic carbocycles. The molecule has 2 N–H and O–H groups in total. The van der Waals surface area contributed by atoms with Gasteiger partial charge < -0.3 is 10.5 Å². The number of carbonyl (C=O) groups excluding carboxylic acids is 2. The molecular formula is C17H16ClF3N2O3. The topological polar surface area (TPSA) is 72.6 Å². The first-order valence-corrected chi connectivity index (χ1v) is 8.08. The third kappa shape index (κ3) is 4.05. The normalized spacial score (nSPS) is 16.0. The average molecular weight is 389 g/mol. The van der Waals surface area contributed by atoms with E-state index in [1.54, 1.807) is 0 Å². The second-order valence-electron chi connectivity index (χ2n) is 5.91. The molecule has 0 bridgehead atoms. The van der Waals surface area contributed by atoms with E-state index in [-0.39, 0.29) is 16.5 Å². The standard InChI is InChI=1S/C17H16ClF3N2O3/c1-2-14(24)23(16(15(22)25)7-3-4-8-16)11-5-6-13(12(18)9-11)26-10-17(19,20)21/h1,5-6,9H,3-4,7-8,10H2,(H2,22,25). The zero-order valence-corrected chi connectivity index (χ0v) is 14.4. The van der Waals surface area contributed by atoms with Crippen molar-refractivity contribution in [2.24, 2.45) is 5.73 Å². The Kier molecular flexibility index (Phi) is 5.71. The van der Waals surface area contributed by atoms with E-state index in [9.17, 15) is 22.8 Å². The highest BCUT2D eigenvalue weighted by Crippen LogP contribution is 2.40. The summed E-state index contributed by atoms with van der Waals surface area (Å²) in [7, 11) is 0. The van der Waals surface area contributed by atoms with Crippen LogP contribution < -0.4 is 15.4 Å². The molecule has 0 saturated heterocycles. The highest BCUT2D eigenvalue weighted by Gasteiger charge is 2.47. The highest BCUT2D eigenvalue weighted by atomic mass is 35.5. The van der Waals surface area contributed by atoms with Crippen LogP contribution in [0, 0.1) is 12.3 Å². The lowest BCUT2D eigenvalue weighted by Gasteiger charge is -2.37. The van der Waals surface area contributed by atoms with Crippen LogP contribution >= 0.6 is 11.6 Å². The maximum absolute atomic E-state index is 12.3. The van der Waals surface area contributed by atoms with Crippen LogP contribution in [0.4, 0.5) is 18.9 Å². The third-order valence-corrected chi connectivity index (χ3v) is 4.50. The van der Waals surface area contributed by atoms with E-state index in [0.717, 1.165) is 4.90 Å². The average Bonchev–Trinajstić information content (AvgIpc) is 3.04. The van der Waals surface area contributed by atoms with Crippen molar-refractivity contribution >= 4 is 29.1 Å². The molecule has 9 heteroatoms. The number of hydrogen-bond acceptors (Lipinski definition) is 3. The van der Waals surface area contributed by atoms with Crippen molar-refractivity contribution in [3.05, 3.63) is 23.2 Å². The van der Waals surface area contributed by atoms with Crippen LogP contribution in [0.5, 0.6) is 5.75 Å². The van der Waals surface area contributed by atoms with Crippen molar-refractivity contribution in [2.45, 2.75) is 37.4 Å². The van der Waals surface area contributed by atoms with E-state index >= 15 is 0 Å². The summed E-state index contributed by atoms with van der Waals surface area (Å²) >= 11 is 5.98. The number of rotatable bonds is 5. The van der Waals surface area contributed by atoms with Gasteiger partial charge in [0.1, 0.15) is 11.3 Å². The second-order valence-corrected chi connectivity index (χ2v) is 6.31. The quantitative estimate of drug-likeness (QED) is 0.788. The molecule has 0 unspecified atom stereocenters. The highest BCUT2D eigenvalue weighted by molar-refractivity contribution is 6.32. The predicted octanol–water partition coefficient (Wildman–Crippen LogP) is 3.05. The van der Waals surface area contributed by atoms with Gasteiger partial charge in [-0.05, 0) is 37.0 Å². The van der Waals surface area contributed by atoms with Gasteiger partial charge in [-0.1, -0.05) is 24.4 Å². The molecule has 0 radical (unpaired) electrons. The minimum atomic E-state index is -4.52. The summed E-state index contributed by atoms with van der Waals surface area (Å²) in [6.45, 7) is -1.51. The van der Waals surface area contributed by atoms with Gasteiger partial charge in [-0.15, -0.1) is 6.42 Å². The van der Waals surface area contributed by atoms with Gasteiger partial charge in [0.2, 0.25) is 5.91 Å². The van der Waals surface area contributed by atoms with Gasteiger partial charge in [0.05, 0.1) is 5.02 Å². The van der Waals surface area contributed by atoms with E-state index in [2.05, 4.69) is 4.74 Å². The number of alkyl halides is 3. The van der Waals surface area contributed by atoms with Crippen molar-refractivity contribution in [3.8, 4) is 18.1 Å². The number of anilines is 1. The molecule has 1 fully saturated rings. The number of halogens is 4. The first-order valence-electron chi connectivity index (χ1n) is 7.70. The summed E-state index contributed by atoms with van der Waals surface area (Å²) in [6.07, 6.45) is 2.73. The molecule has 5 nitrogen and oxygen atoms in total. The van der Waals surface area contributed by atoms with Crippen molar-refractivity contribution in [1.82, 2.24) is 0 Å². The number of amides is 2. The van der Waals surface area contributed by atoms with E-state index < -0.39 is 30.1 Å². The molecule has 0 aliphatic heterocycles. The number of nitrogens with two attached hydrogens (primary N) is 1. The lowest BCUT2D eigenvalue weighted by molar-refractivity contribution is -0.153. The Labute approximate surface area is 153 Å². The number of nitrogens with zero attached hydrogens (tertiary/aromatic N) is 1. The van der Waals surface area contributed by atoms with E-state index in [4.69, 9.17) is 23.8 Å². The van der Waals surface area contributed by atoms with Crippen LogP contribution in [-0.2, 0) is 9.59 Å². The van der Waals surface area contributed by atoms with Crippen molar-refractivity contribution in [2.75, 3.05) is 11.5 Å². The summed E-state index contributed by atoms with van der Waals surface area (Å²) in [5.41, 5.74) is 4.42. The molecular weight excluding hydrogens is 373 g/mol. The Morgan fingerprint density at radius 3 is 2.42 bits per heavy atom. The van der Waals surface area contributed by atoms with Gasteiger partial charge in [-0.25, -0.2) is 0 Å². The molecule has 26 heavy (non-hydrogen) atoms. The van der Waals surface area contributed by atoms with Crippen LogP contribution in [0.2, 0.25) is 5.02 Å². The fourth-order valence-electron chi connectivity index (χ4n) is 3.07. The Bertz CT molecular complexity index is 753. The first-order chi connectivity index (χ1) is 12.1. The van der Waals surface area contributed by atoms with Crippen LogP contribution in [0.1, 0.15) is 25.7 Å². The van der Waals surface area contributed by atoms with Gasteiger partial charge in [0, 0.05) is 5.69 Å². The maximum atomic E-state index is 12.3. The Hall–Kier alpha value is -2.40. The van der Waals surface area contributed by atoms with Crippen LogP contribution in [0.25, 0.3) is 0 Å². The molecule has 0 aromatic heterocycles. The number of primary amides is 1. The van der Waals surface area contributed by atoms with Crippen molar-refractivity contribution in [1.29, 1.82) is 0 Å². The summed E-state index contributed by atoms with van der Waals surface area (Å²) < 4.78 is 41.5. The largest absolute Gasteiger partial charge is 0.483 e. The third-order valence-electron chi connectivity index (χ3n) is 4.21. The molecule has 1 aromatic carbocycles. The van der Waals surface area contributed by atoms with Crippen LogP contribution in [-0.4, -0.2) is 30.1 Å². The van der Waals surface area contributed by atoms with Gasteiger partial charge in [0.25, 0.3) is 0 Å². The number of hydrogen-bond donors (Lipinski definition) is 1. The lowest BCUT2D eigenvalue weighted by atomic mass is 9.93. The molecule has 0 atom stereocenters. The molecule has 0 spiro atoms. The molecule has 2 rings (SSSR count). The lowest BCUT2D eigenvalue weighted by Crippen LogP contribution is -2.58. The summed E-state index contributed by atoms with van der Waals surface area (Å²) in [5, 5.41) is -0.154. The number of carbonyl (C=O) groups is 2. The van der Waals surface area contributed by atoms with Gasteiger partial charge in [-0.3, -0.25) is 14.5 Å². The number of terminal acetylenes is 1. The monoisotopic (exact) mass is 388 g/mol. The van der Waals surface area contributed by atoms with Gasteiger partial charge >= 0.3 is 12.1 Å². The van der Waals surface area contributed by atoms with Crippen LogP contribution in [0.15, 0.2) is 18.2 Å². The Morgan fingerprint density at radius 2 is 1.96 bits per heavy atom. The molecule has 1 saturated carbocycles. The molecule has 2 amide bonds. The molecule has 1 aliphatic rings. The second kappa shape index (κ2) is 7.46. The summed E-state index contributed by atoms with van der Waals surface area (Å²) in [4.78, 5) is 25.5. The zero-order chi connectivity index (χ0) is 19.5. The Balaban J connectivity index is 2.41. The fourth-order valence-corrected chi connectivity index (χ4v) is 3.30. The summed E-state index contributed by atoms with van der Waals surface area (Å²) in [6, 6.07) is 3.73. The van der Waals surface area contributed by atoms with Crippen LogP contribution in [0.3, 0.4) is 0 Å². The molecule has 1 aromatic rings. The minimum Gasteiger partial charge on any atom is -0.483 e. The van der Waals surface area contributed by atoms with E-state index in [0.29, 0.717) is 25.7 Å².